The van der Waals surface area contributed by atoms with E-state index in [4.69, 9.17) is 4.74 Å². The van der Waals surface area contributed by atoms with Gasteiger partial charge in [-0.05, 0) is 41.6 Å². The molecule has 0 fully saturated rings. The van der Waals surface area contributed by atoms with Gasteiger partial charge in [-0.1, -0.05) is 24.3 Å². The van der Waals surface area contributed by atoms with Crippen molar-refractivity contribution >= 4 is 17.7 Å². The number of thioether (sulfide) groups is 1. The van der Waals surface area contributed by atoms with Crippen molar-refractivity contribution in [1.29, 1.82) is 0 Å². The number of ether oxygens (including phenoxy) is 1. The summed E-state index contributed by atoms with van der Waals surface area (Å²) >= 11 is 1.70. The van der Waals surface area contributed by atoms with E-state index in [1.165, 1.54) is 12.1 Å². The minimum atomic E-state index is -4.38. The number of halogens is 3. The molecule has 0 atom stereocenters. The minimum absolute atomic E-state index is 0.116. The molecule has 2 aromatic carbocycles. The molecule has 0 aliphatic heterocycles. The van der Waals surface area contributed by atoms with Gasteiger partial charge in [0.25, 0.3) is 5.91 Å². The van der Waals surface area contributed by atoms with Crippen molar-refractivity contribution in [2.45, 2.75) is 18.5 Å². The van der Waals surface area contributed by atoms with Crippen LogP contribution in [-0.2, 0) is 12.3 Å². The smallest absolute Gasteiger partial charge is 0.422 e. The maximum Gasteiger partial charge on any atom is 0.422 e. The molecule has 0 bridgehead atoms. The second-order valence-electron chi connectivity index (χ2n) is 5.36. The van der Waals surface area contributed by atoms with Crippen molar-refractivity contribution in [3.05, 3.63) is 65.2 Å². The van der Waals surface area contributed by atoms with Crippen molar-refractivity contribution < 1.29 is 22.7 Å². The van der Waals surface area contributed by atoms with Gasteiger partial charge in [0.1, 0.15) is 5.75 Å². The number of carbonyl (C=O) groups is 1. The van der Waals surface area contributed by atoms with E-state index in [0.717, 1.165) is 11.3 Å². The van der Waals surface area contributed by atoms with E-state index in [2.05, 4.69) is 5.32 Å². The number of nitrogens with one attached hydrogen (secondary N) is 1. The van der Waals surface area contributed by atoms with E-state index in [-0.39, 0.29) is 18.2 Å². The molecule has 0 aliphatic carbocycles. The first kappa shape index (κ1) is 19.2. The first-order chi connectivity index (χ1) is 11.9. The molecule has 0 radical (unpaired) electrons. The molecular formula is C18H18F3NO2S. The third-order valence-corrected chi connectivity index (χ3v) is 3.90. The van der Waals surface area contributed by atoms with Crippen molar-refractivity contribution in [3.8, 4) is 5.75 Å². The number of hydrogen-bond acceptors (Lipinski definition) is 3. The average molecular weight is 369 g/mol. The lowest BCUT2D eigenvalue weighted by Crippen LogP contribution is -2.23. The summed E-state index contributed by atoms with van der Waals surface area (Å²) in [6.07, 6.45) is -2.38. The predicted molar refractivity (Wildman–Crippen MR) is 92.8 cm³/mol. The fraction of sp³-hybridized carbons (Fsp3) is 0.278. The van der Waals surface area contributed by atoms with Gasteiger partial charge in [0.05, 0.1) is 0 Å². The van der Waals surface area contributed by atoms with Gasteiger partial charge < -0.3 is 10.1 Å². The maximum absolute atomic E-state index is 12.2. The Labute approximate surface area is 148 Å². The van der Waals surface area contributed by atoms with Crippen LogP contribution in [0.25, 0.3) is 0 Å². The second-order valence-corrected chi connectivity index (χ2v) is 6.23. The lowest BCUT2D eigenvalue weighted by atomic mass is 10.1. The van der Waals surface area contributed by atoms with Gasteiger partial charge in [-0.25, -0.2) is 0 Å². The quantitative estimate of drug-likeness (QED) is 0.785. The first-order valence-electron chi connectivity index (χ1n) is 7.52. The summed E-state index contributed by atoms with van der Waals surface area (Å²) in [4.78, 5) is 12.1. The summed E-state index contributed by atoms with van der Waals surface area (Å²) in [7, 11) is 0. The fourth-order valence-corrected chi connectivity index (χ4v) is 2.64. The van der Waals surface area contributed by atoms with E-state index in [1.54, 1.807) is 36.0 Å². The van der Waals surface area contributed by atoms with E-state index < -0.39 is 12.8 Å². The first-order valence-corrected chi connectivity index (χ1v) is 8.91. The van der Waals surface area contributed by atoms with E-state index >= 15 is 0 Å². The summed E-state index contributed by atoms with van der Waals surface area (Å²) < 4.78 is 41.2. The molecule has 3 nitrogen and oxygen atoms in total. The van der Waals surface area contributed by atoms with Crippen molar-refractivity contribution in [3.63, 3.8) is 0 Å². The Bertz CT molecular complexity index is 702. The molecule has 7 heteroatoms. The van der Waals surface area contributed by atoms with Crippen LogP contribution in [0, 0.1) is 0 Å². The Morgan fingerprint density at radius 2 is 1.84 bits per heavy atom. The highest BCUT2D eigenvalue weighted by molar-refractivity contribution is 7.97. The normalized spacial score (nSPS) is 11.2. The largest absolute Gasteiger partial charge is 0.484 e. The number of amides is 1. The van der Waals surface area contributed by atoms with Gasteiger partial charge in [0, 0.05) is 17.9 Å². The lowest BCUT2D eigenvalue weighted by Gasteiger charge is -2.11. The molecule has 134 valence electrons. The highest BCUT2D eigenvalue weighted by Gasteiger charge is 2.28. The van der Waals surface area contributed by atoms with Crippen molar-refractivity contribution in [1.82, 2.24) is 5.32 Å². The van der Waals surface area contributed by atoms with Gasteiger partial charge in [-0.3, -0.25) is 4.79 Å². The molecular weight excluding hydrogens is 351 g/mol. The van der Waals surface area contributed by atoms with Crippen molar-refractivity contribution in [2.24, 2.45) is 0 Å². The lowest BCUT2D eigenvalue weighted by molar-refractivity contribution is -0.153. The molecule has 0 spiro atoms. The van der Waals surface area contributed by atoms with Crippen LogP contribution < -0.4 is 10.1 Å². The molecule has 1 N–H and O–H groups in total. The number of carbonyl (C=O) groups excluding carboxylic acids is 1. The third kappa shape index (κ3) is 6.70. The van der Waals surface area contributed by atoms with Crippen LogP contribution in [0.5, 0.6) is 5.75 Å². The average Bonchev–Trinajstić information content (AvgIpc) is 2.59. The van der Waals surface area contributed by atoms with Crippen LogP contribution in [-0.4, -0.2) is 24.9 Å². The van der Waals surface area contributed by atoms with E-state index in [1.807, 2.05) is 18.4 Å². The van der Waals surface area contributed by atoms with Gasteiger partial charge in [-0.2, -0.15) is 24.9 Å². The Balaban J connectivity index is 1.90. The van der Waals surface area contributed by atoms with Gasteiger partial charge in [-0.15, -0.1) is 0 Å². The summed E-state index contributed by atoms with van der Waals surface area (Å²) in [5.41, 5.74) is 2.33. The number of alkyl halides is 3. The highest BCUT2D eigenvalue weighted by atomic mass is 32.2. The summed E-state index contributed by atoms with van der Waals surface area (Å²) in [6.45, 7) is -1.14. The van der Waals surface area contributed by atoms with Gasteiger partial charge in [0.2, 0.25) is 0 Å². The van der Waals surface area contributed by atoms with Gasteiger partial charge in [0.15, 0.2) is 6.61 Å². The molecule has 2 rings (SSSR count). The molecule has 2 aromatic rings. The molecule has 0 unspecified atom stereocenters. The fourth-order valence-electron chi connectivity index (χ4n) is 2.11. The van der Waals surface area contributed by atoms with E-state index in [9.17, 15) is 18.0 Å². The van der Waals surface area contributed by atoms with Crippen LogP contribution >= 0.6 is 11.8 Å². The number of benzene rings is 2. The Hall–Kier alpha value is -2.15. The minimum Gasteiger partial charge on any atom is -0.484 e. The van der Waals surface area contributed by atoms with Crippen LogP contribution in [0.1, 0.15) is 21.5 Å². The van der Waals surface area contributed by atoms with Crippen molar-refractivity contribution in [2.75, 3.05) is 12.9 Å². The summed E-state index contributed by atoms with van der Waals surface area (Å²) in [5, 5.41) is 2.74. The van der Waals surface area contributed by atoms with Crippen LogP contribution in [0.15, 0.2) is 48.5 Å². The molecule has 0 saturated heterocycles. The summed E-state index contributed by atoms with van der Waals surface area (Å²) in [6, 6.07) is 13.5. The zero-order valence-electron chi connectivity index (χ0n) is 13.6. The molecule has 0 aromatic heterocycles. The molecule has 0 heterocycles. The number of hydrogen-bond donors (Lipinski definition) is 1. The Morgan fingerprint density at radius 1 is 1.12 bits per heavy atom. The molecule has 1 amide bonds. The highest BCUT2D eigenvalue weighted by Crippen LogP contribution is 2.19. The van der Waals surface area contributed by atoms with Crippen LogP contribution in [0.3, 0.4) is 0 Å². The third-order valence-electron chi connectivity index (χ3n) is 3.28. The Kier molecular flexibility index (Phi) is 6.75. The van der Waals surface area contributed by atoms with E-state index in [0.29, 0.717) is 11.1 Å². The molecule has 0 aliphatic rings. The zero-order valence-corrected chi connectivity index (χ0v) is 14.4. The Morgan fingerprint density at radius 3 is 2.48 bits per heavy atom. The zero-order chi connectivity index (χ0) is 18.3. The maximum atomic E-state index is 12.2. The van der Waals surface area contributed by atoms with Crippen LogP contribution in [0.2, 0.25) is 0 Å². The molecule has 0 saturated carbocycles. The standard InChI is InChI=1S/C18H18F3NO2S/c1-25-11-13-5-7-15(8-6-13)17(23)22-10-14-3-2-4-16(9-14)24-12-18(19,20)21/h2-9H,10-12H2,1H3,(H,22,23). The SMILES string of the molecule is CSCc1ccc(C(=O)NCc2cccc(OCC(F)(F)F)c2)cc1. The monoisotopic (exact) mass is 369 g/mol. The predicted octanol–water partition coefficient (Wildman–Crippen LogP) is 4.42. The number of rotatable bonds is 7. The second kappa shape index (κ2) is 8.80. The van der Waals surface area contributed by atoms with Crippen LogP contribution in [0.4, 0.5) is 13.2 Å². The topological polar surface area (TPSA) is 38.3 Å². The molecule has 25 heavy (non-hydrogen) atoms. The van der Waals surface area contributed by atoms with Gasteiger partial charge >= 0.3 is 6.18 Å². The summed E-state index contributed by atoms with van der Waals surface area (Å²) in [5.74, 6) is 0.759.